The molecule has 6 nitrogen and oxygen atoms in total. The monoisotopic (exact) mass is 298 g/mol. The lowest BCUT2D eigenvalue weighted by Crippen LogP contribution is -2.53. The highest BCUT2D eigenvalue weighted by Gasteiger charge is 2.39. The number of nitrogens with one attached hydrogen (secondary N) is 1. The van der Waals surface area contributed by atoms with E-state index >= 15 is 0 Å². The number of hydrogen-bond donors (Lipinski definition) is 1. The maximum absolute atomic E-state index is 13.6. The van der Waals surface area contributed by atoms with Crippen LogP contribution in [0.5, 0.6) is 0 Å². The van der Waals surface area contributed by atoms with Gasteiger partial charge in [-0.25, -0.2) is 17.8 Å². The van der Waals surface area contributed by atoms with Crippen LogP contribution in [-0.4, -0.2) is 44.0 Å². The number of nitriles is 1. The minimum Gasteiger partial charge on any atom is -0.306 e. The summed E-state index contributed by atoms with van der Waals surface area (Å²) < 4.78 is 40.3. The third kappa shape index (κ3) is 2.95. The first kappa shape index (κ1) is 14.8. The van der Waals surface area contributed by atoms with Crippen molar-refractivity contribution in [3.05, 3.63) is 24.1 Å². The van der Waals surface area contributed by atoms with Crippen LogP contribution in [0.15, 0.2) is 23.4 Å². The van der Waals surface area contributed by atoms with Gasteiger partial charge < -0.3 is 4.90 Å². The minimum atomic E-state index is -4.16. The Morgan fingerprint density at radius 2 is 2.15 bits per heavy atom. The van der Waals surface area contributed by atoms with Crippen LogP contribution in [0.2, 0.25) is 0 Å². The summed E-state index contributed by atoms with van der Waals surface area (Å²) in [6, 6.07) is 4.35. The van der Waals surface area contributed by atoms with Gasteiger partial charge in [-0.3, -0.25) is 0 Å². The summed E-state index contributed by atoms with van der Waals surface area (Å²) in [5.74, 6) is -0.930. The molecule has 0 atom stereocenters. The van der Waals surface area contributed by atoms with Gasteiger partial charge in [0.25, 0.3) is 10.0 Å². The number of pyridine rings is 1. The van der Waals surface area contributed by atoms with Crippen molar-refractivity contribution in [2.24, 2.45) is 0 Å². The van der Waals surface area contributed by atoms with E-state index in [1.54, 1.807) is 0 Å². The van der Waals surface area contributed by atoms with E-state index in [1.165, 1.54) is 12.3 Å². The Bertz CT molecular complexity index is 633. The normalized spacial score (nSPS) is 19.4. The van der Waals surface area contributed by atoms with E-state index in [4.69, 9.17) is 0 Å². The molecule has 0 amide bonds. The molecule has 0 aliphatic carbocycles. The number of nitrogens with zero attached hydrogens (tertiary/aromatic N) is 3. The summed E-state index contributed by atoms with van der Waals surface area (Å²) in [5.41, 5.74) is -1.20. The van der Waals surface area contributed by atoms with Gasteiger partial charge in [0.05, 0.1) is 6.07 Å². The summed E-state index contributed by atoms with van der Waals surface area (Å²) in [7, 11) is -2.26. The highest BCUT2D eigenvalue weighted by Crippen LogP contribution is 2.23. The Hall–Kier alpha value is -1.56. The van der Waals surface area contributed by atoms with Gasteiger partial charge in [-0.1, -0.05) is 0 Å². The molecule has 1 saturated heterocycles. The van der Waals surface area contributed by atoms with Crippen molar-refractivity contribution in [3.8, 4) is 6.07 Å². The van der Waals surface area contributed by atoms with Gasteiger partial charge >= 0.3 is 0 Å². The number of piperidine rings is 1. The van der Waals surface area contributed by atoms with Crippen molar-refractivity contribution in [1.29, 1.82) is 5.26 Å². The number of likely N-dealkylation sites (tertiary alicyclic amines) is 1. The van der Waals surface area contributed by atoms with Crippen LogP contribution in [-0.2, 0) is 10.0 Å². The number of aromatic nitrogens is 1. The molecule has 1 aromatic rings. The molecule has 1 aliphatic heterocycles. The molecule has 1 aliphatic rings. The zero-order chi connectivity index (χ0) is 14.8. The lowest BCUT2D eigenvalue weighted by atomic mass is 9.91. The van der Waals surface area contributed by atoms with E-state index in [-0.39, 0.29) is 0 Å². The Morgan fingerprint density at radius 1 is 1.50 bits per heavy atom. The van der Waals surface area contributed by atoms with Crippen molar-refractivity contribution in [2.75, 3.05) is 20.1 Å². The van der Waals surface area contributed by atoms with E-state index in [2.05, 4.69) is 9.71 Å². The van der Waals surface area contributed by atoms with E-state index in [9.17, 15) is 18.1 Å². The first-order valence-electron chi connectivity index (χ1n) is 6.13. The van der Waals surface area contributed by atoms with Crippen LogP contribution < -0.4 is 4.72 Å². The smallest absolute Gasteiger partial charge is 0.262 e. The molecule has 0 aromatic carbocycles. The third-order valence-corrected chi connectivity index (χ3v) is 4.83. The molecule has 1 fully saturated rings. The zero-order valence-electron chi connectivity index (χ0n) is 11.0. The number of sulfonamides is 1. The van der Waals surface area contributed by atoms with Crippen LogP contribution in [0.4, 0.5) is 4.39 Å². The summed E-state index contributed by atoms with van der Waals surface area (Å²) in [5, 5.41) is 8.63. The fourth-order valence-corrected chi connectivity index (χ4v) is 3.50. The predicted molar refractivity (Wildman–Crippen MR) is 69.6 cm³/mol. The molecule has 2 heterocycles. The third-order valence-electron chi connectivity index (χ3n) is 3.36. The lowest BCUT2D eigenvalue weighted by Gasteiger charge is -2.35. The molecule has 108 valence electrons. The molecular weight excluding hydrogens is 283 g/mol. The maximum atomic E-state index is 13.6. The molecule has 0 unspecified atom stereocenters. The van der Waals surface area contributed by atoms with Crippen molar-refractivity contribution >= 4 is 10.0 Å². The van der Waals surface area contributed by atoms with Crippen LogP contribution in [0.25, 0.3) is 0 Å². The van der Waals surface area contributed by atoms with E-state index < -0.39 is 26.4 Å². The SMILES string of the molecule is CN1CCC(C#N)(NS(=O)(=O)c2ncccc2F)CC1. The second-order valence-electron chi connectivity index (χ2n) is 4.89. The Balaban J connectivity index is 2.28. The Kier molecular flexibility index (Phi) is 4.04. The quantitative estimate of drug-likeness (QED) is 0.877. The fraction of sp³-hybridized carbons (Fsp3) is 0.500. The molecule has 8 heteroatoms. The molecule has 1 aromatic heterocycles. The molecule has 0 spiro atoms. The lowest BCUT2D eigenvalue weighted by molar-refractivity contribution is 0.213. The average molecular weight is 298 g/mol. The van der Waals surface area contributed by atoms with Gasteiger partial charge in [0.1, 0.15) is 5.54 Å². The van der Waals surface area contributed by atoms with Crippen LogP contribution in [0, 0.1) is 17.1 Å². The minimum absolute atomic E-state index is 0.355. The summed E-state index contributed by atoms with van der Waals surface area (Å²) >= 11 is 0. The predicted octanol–water partition coefficient (Wildman–Crippen LogP) is 0.487. The van der Waals surface area contributed by atoms with Gasteiger partial charge in [0, 0.05) is 19.3 Å². The first-order valence-corrected chi connectivity index (χ1v) is 7.61. The van der Waals surface area contributed by atoms with Gasteiger partial charge in [-0.2, -0.15) is 9.98 Å². The molecule has 0 bridgehead atoms. The van der Waals surface area contributed by atoms with Crippen LogP contribution in [0.1, 0.15) is 12.8 Å². The van der Waals surface area contributed by atoms with Crippen molar-refractivity contribution in [3.63, 3.8) is 0 Å². The van der Waals surface area contributed by atoms with E-state index in [0.29, 0.717) is 25.9 Å². The van der Waals surface area contributed by atoms with Gasteiger partial charge in [-0.05, 0) is 32.0 Å². The topological polar surface area (TPSA) is 86.1 Å². The fourth-order valence-electron chi connectivity index (χ4n) is 2.11. The standard InChI is InChI=1S/C12H15FN4O2S/c1-17-7-4-12(9-14,5-8-17)16-20(18,19)11-10(13)3-2-6-15-11/h2-3,6,16H,4-5,7-8H2,1H3. The second kappa shape index (κ2) is 5.44. The van der Waals surface area contributed by atoms with Crippen molar-refractivity contribution in [1.82, 2.24) is 14.6 Å². The molecule has 20 heavy (non-hydrogen) atoms. The Labute approximate surface area is 117 Å². The number of halogens is 1. The second-order valence-corrected chi connectivity index (χ2v) is 6.49. The molecular formula is C12H15FN4O2S. The highest BCUT2D eigenvalue weighted by molar-refractivity contribution is 7.89. The number of rotatable bonds is 3. The molecule has 0 radical (unpaired) electrons. The van der Waals surface area contributed by atoms with Gasteiger partial charge in [0.2, 0.25) is 5.03 Å². The maximum Gasteiger partial charge on any atom is 0.262 e. The van der Waals surface area contributed by atoms with Gasteiger partial charge in [0.15, 0.2) is 5.82 Å². The van der Waals surface area contributed by atoms with Crippen molar-refractivity contribution < 1.29 is 12.8 Å². The van der Waals surface area contributed by atoms with E-state index in [0.717, 1.165) is 6.07 Å². The summed E-state index contributed by atoms with van der Waals surface area (Å²) in [6.45, 7) is 1.20. The summed E-state index contributed by atoms with van der Waals surface area (Å²) in [4.78, 5) is 5.56. The van der Waals surface area contributed by atoms with Crippen molar-refractivity contribution in [2.45, 2.75) is 23.4 Å². The van der Waals surface area contributed by atoms with Gasteiger partial charge in [-0.15, -0.1) is 0 Å². The molecule has 1 N–H and O–H groups in total. The average Bonchev–Trinajstić information content (AvgIpc) is 2.42. The number of hydrogen-bond acceptors (Lipinski definition) is 5. The van der Waals surface area contributed by atoms with Crippen LogP contribution >= 0.6 is 0 Å². The molecule has 2 rings (SSSR count). The highest BCUT2D eigenvalue weighted by atomic mass is 32.2. The zero-order valence-corrected chi connectivity index (χ0v) is 11.8. The van der Waals surface area contributed by atoms with E-state index in [1.807, 2.05) is 18.0 Å². The van der Waals surface area contributed by atoms with Crippen LogP contribution in [0.3, 0.4) is 0 Å². The first-order chi connectivity index (χ1) is 9.38. The Morgan fingerprint density at radius 3 is 2.70 bits per heavy atom. The summed E-state index contributed by atoms with van der Waals surface area (Å²) in [6.07, 6.45) is 1.91. The molecule has 0 saturated carbocycles. The largest absolute Gasteiger partial charge is 0.306 e.